The number of thiophene rings is 1. The lowest BCUT2D eigenvalue weighted by Gasteiger charge is -2.07. The minimum Gasteiger partial charge on any atom is -0.381 e. The number of hydrogen-bond acceptors (Lipinski definition) is 6. The van der Waals surface area contributed by atoms with Crippen LogP contribution in [0.4, 0.5) is 0 Å². The summed E-state index contributed by atoms with van der Waals surface area (Å²) < 4.78 is 29.6. The number of aromatic nitrogens is 1. The van der Waals surface area contributed by atoms with E-state index in [0.717, 1.165) is 16.3 Å². The van der Waals surface area contributed by atoms with Crippen LogP contribution in [-0.2, 0) is 20.3 Å². The summed E-state index contributed by atoms with van der Waals surface area (Å²) in [5.74, 6) is 0.389. The van der Waals surface area contributed by atoms with Gasteiger partial charge in [0.2, 0.25) is 0 Å². The molecule has 1 aliphatic rings. The zero-order valence-corrected chi connectivity index (χ0v) is 13.3. The topological polar surface area (TPSA) is 56.3 Å². The summed E-state index contributed by atoms with van der Waals surface area (Å²) in [7, 11) is -3.11. The number of rotatable bonds is 5. The van der Waals surface area contributed by atoms with Crippen LogP contribution in [0.3, 0.4) is 0 Å². The normalized spacial score (nSPS) is 19.5. The van der Waals surface area contributed by atoms with E-state index in [9.17, 15) is 8.42 Å². The summed E-state index contributed by atoms with van der Waals surface area (Å²) >= 11 is 3.12. The Morgan fingerprint density at radius 3 is 3.00 bits per heavy atom. The molecule has 7 heteroatoms. The van der Waals surface area contributed by atoms with Crippen molar-refractivity contribution in [3.05, 3.63) is 28.6 Å². The van der Waals surface area contributed by atoms with Crippen molar-refractivity contribution in [1.29, 1.82) is 0 Å². The highest BCUT2D eigenvalue weighted by Crippen LogP contribution is 2.28. The Kier molecular flexibility index (Phi) is 4.21. The van der Waals surface area contributed by atoms with Crippen molar-refractivity contribution >= 4 is 32.5 Å². The van der Waals surface area contributed by atoms with Crippen molar-refractivity contribution in [2.45, 2.75) is 12.2 Å². The monoisotopic (exact) mass is 329 g/mol. The molecule has 0 spiro atoms. The Balaban J connectivity index is 1.68. The third-order valence-electron chi connectivity index (χ3n) is 3.17. The molecule has 108 valence electrons. The molecule has 0 radical (unpaired) electrons. The Morgan fingerprint density at radius 1 is 1.40 bits per heavy atom. The standard InChI is InChI=1S/C13H15NO3S3/c15-20(16,8-10-3-4-17-6-10)9-11-7-19-13(14-11)12-2-1-5-18-12/h1-2,5,7,10H,3-4,6,8-9H2. The number of ether oxygens (including phenoxy) is 1. The van der Waals surface area contributed by atoms with Crippen molar-refractivity contribution in [1.82, 2.24) is 4.98 Å². The highest BCUT2D eigenvalue weighted by molar-refractivity contribution is 7.90. The second-order valence-electron chi connectivity index (χ2n) is 4.91. The smallest absolute Gasteiger partial charge is 0.156 e. The Hall–Kier alpha value is -0.760. The van der Waals surface area contributed by atoms with E-state index >= 15 is 0 Å². The van der Waals surface area contributed by atoms with Crippen LogP contribution in [0.2, 0.25) is 0 Å². The predicted molar refractivity (Wildman–Crippen MR) is 81.8 cm³/mol. The van der Waals surface area contributed by atoms with Crippen molar-refractivity contribution in [3.63, 3.8) is 0 Å². The van der Waals surface area contributed by atoms with Crippen LogP contribution >= 0.6 is 22.7 Å². The first-order valence-electron chi connectivity index (χ1n) is 6.39. The van der Waals surface area contributed by atoms with E-state index in [4.69, 9.17) is 4.74 Å². The fourth-order valence-corrected chi connectivity index (χ4v) is 5.68. The van der Waals surface area contributed by atoms with Crippen LogP contribution in [-0.4, -0.2) is 32.4 Å². The molecule has 2 aromatic heterocycles. The number of thiazole rings is 1. The average Bonchev–Trinajstić information content (AvgIpc) is 3.07. The van der Waals surface area contributed by atoms with Crippen molar-refractivity contribution in [2.24, 2.45) is 5.92 Å². The summed E-state index contributed by atoms with van der Waals surface area (Å²) in [6.45, 7) is 1.25. The molecular weight excluding hydrogens is 314 g/mol. The zero-order valence-electron chi connectivity index (χ0n) is 10.8. The lowest BCUT2D eigenvalue weighted by Crippen LogP contribution is -2.18. The van der Waals surface area contributed by atoms with E-state index in [1.54, 1.807) is 11.3 Å². The van der Waals surface area contributed by atoms with E-state index in [2.05, 4.69) is 4.98 Å². The first-order valence-corrected chi connectivity index (χ1v) is 9.97. The van der Waals surface area contributed by atoms with Gasteiger partial charge in [0, 0.05) is 12.0 Å². The van der Waals surface area contributed by atoms with E-state index in [1.165, 1.54) is 11.3 Å². The predicted octanol–water partition coefficient (Wildman–Crippen LogP) is 2.82. The molecule has 4 nitrogen and oxygen atoms in total. The molecule has 3 heterocycles. The van der Waals surface area contributed by atoms with Gasteiger partial charge in [-0.05, 0) is 23.8 Å². The molecule has 1 atom stereocenters. The van der Waals surface area contributed by atoms with Crippen LogP contribution in [0.1, 0.15) is 12.1 Å². The molecule has 0 aromatic carbocycles. The highest BCUT2D eigenvalue weighted by Gasteiger charge is 2.24. The van der Waals surface area contributed by atoms with E-state index < -0.39 is 9.84 Å². The molecule has 0 aliphatic carbocycles. The van der Waals surface area contributed by atoms with Crippen LogP contribution in [0.25, 0.3) is 9.88 Å². The van der Waals surface area contributed by atoms with Gasteiger partial charge in [0.15, 0.2) is 9.84 Å². The summed E-state index contributed by atoms with van der Waals surface area (Å²) in [6, 6.07) is 3.97. The molecule has 0 saturated carbocycles. The lowest BCUT2D eigenvalue weighted by molar-refractivity contribution is 0.188. The molecule has 1 unspecified atom stereocenters. The van der Waals surface area contributed by atoms with Gasteiger partial charge in [-0.1, -0.05) is 6.07 Å². The minimum absolute atomic E-state index is 0.0331. The Labute approximate surface area is 126 Å². The fraction of sp³-hybridized carbons (Fsp3) is 0.462. The summed E-state index contributed by atoms with van der Waals surface area (Å²) in [5, 5.41) is 4.74. The van der Waals surface area contributed by atoms with Gasteiger partial charge in [0.05, 0.1) is 28.7 Å². The third kappa shape index (κ3) is 3.46. The van der Waals surface area contributed by atoms with Gasteiger partial charge in [-0.2, -0.15) is 0 Å². The van der Waals surface area contributed by atoms with Gasteiger partial charge in [-0.15, -0.1) is 22.7 Å². The first-order chi connectivity index (χ1) is 9.62. The summed E-state index contributed by atoms with van der Waals surface area (Å²) in [5.41, 5.74) is 0.650. The van der Waals surface area contributed by atoms with E-state index in [-0.39, 0.29) is 17.4 Å². The Morgan fingerprint density at radius 2 is 2.30 bits per heavy atom. The SMILES string of the molecule is O=S(=O)(Cc1csc(-c2cccs2)n1)CC1CCOC1. The average molecular weight is 329 g/mol. The van der Waals surface area contributed by atoms with Crippen molar-refractivity contribution < 1.29 is 13.2 Å². The molecule has 20 heavy (non-hydrogen) atoms. The van der Waals surface area contributed by atoms with Crippen LogP contribution < -0.4 is 0 Å². The molecule has 0 bridgehead atoms. The molecular formula is C13H15NO3S3. The summed E-state index contributed by atoms with van der Waals surface area (Å²) in [6.07, 6.45) is 0.844. The molecule has 0 N–H and O–H groups in total. The van der Waals surface area contributed by atoms with Gasteiger partial charge in [0.1, 0.15) is 5.01 Å². The maximum absolute atomic E-state index is 12.2. The highest BCUT2D eigenvalue weighted by atomic mass is 32.2. The molecule has 0 amide bonds. The molecule has 1 saturated heterocycles. The molecule has 1 fully saturated rings. The van der Waals surface area contributed by atoms with Crippen LogP contribution in [0.15, 0.2) is 22.9 Å². The number of hydrogen-bond donors (Lipinski definition) is 0. The van der Waals surface area contributed by atoms with Gasteiger partial charge >= 0.3 is 0 Å². The lowest BCUT2D eigenvalue weighted by atomic mass is 10.2. The quantitative estimate of drug-likeness (QED) is 0.846. The van der Waals surface area contributed by atoms with Crippen LogP contribution in [0, 0.1) is 5.92 Å². The number of sulfone groups is 1. The van der Waals surface area contributed by atoms with E-state index in [1.807, 2.05) is 22.9 Å². The van der Waals surface area contributed by atoms with Gasteiger partial charge < -0.3 is 4.74 Å². The van der Waals surface area contributed by atoms with Gasteiger partial charge in [0.25, 0.3) is 0 Å². The summed E-state index contributed by atoms with van der Waals surface area (Å²) in [4.78, 5) is 5.52. The molecule has 1 aliphatic heterocycles. The van der Waals surface area contributed by atoms with Gasteiger partial charge in [-0.25, -0.2) is 13.4 Å². The van der Waals surface area contributed by atoms with Crippen LogP contribution in [0.5, 0.6) is 0 Å². The molecule has 2 aromatic rings. The fourth-order valence-electron chi connectivity index (χ4n) is 2.24. The largest absolute Gasteiger partial charge is 0.381 e. The maximum Gasteiger partial charge on any atom is 0.156 e. The third-order valence-corrected chi connectivity index (χ3v) is 6.81. The zero-order chi connectivity index (χ0) is 14.0. The maximum atomic E-state index is 12.2. The second-order valence-corrected chi connectivity index (χ2v) is 8.82. The second kappa shape index (κ2) is 5.93. The minimum atomic E-state index is -3.11. The molecule has 3 rings (SSSR count). The van der Waals surface area contributed by atoms with Crippen molar-refractivity contribution in [3.8, 4) is 9.88 Å². The number of nitrogens with zero attached hydrogens (tertiary/aromatic N) is 1. The van der Waals surface area contributed by atoms with Crippen molar-refractivity contribution in [2.75, 3.05) is 19.0 Å². The van der Waals surface area contributed by atoms with Gasteiger partial charge in [-0.3, -0.25) is 0 Å². The van der Waals surface area contributed by atoms with E-state index in [0.29, 0.717) is 18.9 Å². The first kappa shape index (κ1) is 14.2. The Bertz CT molecular complexity index is 655.